The number of nitrogens with two attached hydrogens (primary N) is 1. The quantitative estimate of drug-likeness (QED) is 0.627. The van der Waals surface area contributed by atoms with E-state index in [-0.39, 0.29) is 18.4 Å². The van der Waals surface area contributed by atoms with E-state index in [4.69, 9.17) is 20.3 Å². The fourth-order valence-electron chi connectivity index (χ4n) is 1.73. The van der Waals surface area contributed by atoms with Gasteiger partial charge in [-0.3, -0.25) is 0 Å². The summed E-state index contributed by atoms with van der Waals surface area (Å²) in [6.07, 6.45) is 0.509. The zero-order chi connectivity index (χ0) is 14.3. The maximum Gasteiger partial charge on any atom is 0.167 e. The van der Waals surface area contributed by atoms with Gasteiger partial charge in [0.05, 0.1) is 30.6 Å². The lowest BCUT2D eigenvalue weighted by atomic mass is 10.2. The van der Waals surface area contributed by atoms with Crippen LogP contribution in [0.15, 0.2) is 12.1 Å². The van der Waals surface area contributed by atoms with Crippen LogP contribution in [0, 0.1) is 5.82 Å². The Morgan fingerprint density at radius 3 is 2.79 bits per heavy atom. The second-order valence-electron chi connectivity index (χ2n) is 4.11. The topological polar surface area (TPSA) is 76.7 Å². The molecular formula is C13H21FN2O3. The number of rotatable bonds is 8. The number of hydrogen-bond acceptors (Lipinski definition) is 5. The van der Waals surface area contributed by atoms with Crippen molar-refractivity contribution >= 4 is 11.4 Å². The predicted molar refractivity (Wildman–Crippen MR) is 73.0 cm³/mol. The highest BCUT2D eigenvalue weighted by Gasteiger charge is 2.13. The zero-order valence-electron chi connectivity index (χ0n) is 11.3. The summed E-state index contributed by atoms with van der Waals surface area (Å²) in [4.78, 5) is 0. The molecule has 0 spiro atoms. The minimum atomic E-state index is -0.490. The lowest BCUT2D eigenvalue weighted by Gasteiger charge is -2.20. The second kappa shape index (κ2) is 7.81. The van der Waals surface area contributed by atoms with Crippen molar-refractivity contribution in [2.75, 3.05) is 38.0 Å². The molecule has 0 saturated heterocycles. The molecule has 0 aliphatic heterocycles. The molecule has 1 aromatic carbocycles. The Kier molecular flexibility index (Phi) is 6.38. The monoisotopic (exact) mass is 272 g/mol. The number of nitrogen functional groups attached to an aromatic ring is 1. The SMILES string of the molecule is CCOc1cc(NC(CCO)COC)c(N)cc1F. The molecule has 0 fully saturated rings. The van der Waals surface area contributed by atoms with Gasteiger partial charge < -0.3 is 25.6 Å². The number of anilines is 2. The van der Waals surface area contributed by atoms with E-state index in [0.29, 0.717) is 31.0 Å². The van der Waals surface area contributed by atoms with Gasteiger partial charge in [0.15, 0.2) is 11.6 Å². The van der Waals surface area contributed by atoms with Gasteiger partial charge in [-0.1, -0.05) is 0 Å². The second-order valence-corrected chi connectivity index (χ2v) is 4.11. The van der Waals surface area contributed by atoms with E-state index in [1.165, 1.54) is 12.1 Å². The van der Waals surface area contributed by atoms with Crippen LogP contribution in [0.2, 0.25) is 0 Å². The smallest absolute Gasteiger partial charge is 0.167 e. The summed E-state index contributed by atoms with van der Waals surface area (Å²) in [5.74, 6) is -0.338. The van der Waals surface area contributed by atoms with Crippen molar-refractivity contribution in [1.29, 1.82) is 0 Å². The molecule has 0 aliphatic rings. The number of aliphatic hydroxyl groups excluding tert-OH is 1. The number of aliphatic hydroxyl groups is 1. The van der Waals surface area contributed by atoms with Crippen molar-refractivity contribution in [1.82, 2.24) is 0 Å². The van der Waals surface area contributed by atoms with Crippen LogP contribution in [0.4, 0.5) is 15.8 Å². The summed E-state index contributed by atoms with van der Waals surface area (Å²) < 4.78 is 23.8. The molecule has 0 radical (unpaired) electrons. The molecule has 0 heterocycles. The van der Waals surface area contributed by atoms with E-state index >= 15 is 0 Å². The Morgan fingerprint density at radius 1 is 1.47 bits per heavy atom. The van der Waals surface area contributed by atoms with E-state index in [1.54, 1.807) is 14.0 Å². The Bertz CT molecular complexity index is 396. The van der Waals surface area contributed by atoms with Gasteiger partial charge in [-0.15, -0.1) is 0 Å². The van der Waals surface area contributed by atoms with E-state index in [0.717, 1.165) is 0 Å². The highest BCUT2D eigenvalue weighted by Crippen LogP contribution is 2.29. The zero-order valence-corrected chi connectivity index (χ0v) is 11.3. The van der Waals surface area contributed by atoms with E-state index in [1.807, 2.05) is 0 Å². The van der Waals surface area contributed by atoms with Gasteiger partial charge in [0.2, 0.25) is 0 Å². The van der Waals surface area contributed by atoms with E-state index in [2.05, 4.69) is 5.32 Å². The first-order valence-corrected chi connectivity index (χ1v) is 6.20. The van der Waals surface area contributed by atoms with E-state index in [9.17, 15) is 4.39 Å². The Hall–Kier alpha value is -1.53. The number of nitrogens with one attached hydrogen (secondary N) is 1. The third-order valence-corrected chi connectivity index (χ3v) is 2.61. The lowest BCUT2D eigenvalue weighted by Crippen LogP contribution is -2.26. The predicted octanol–water partition coefficient (Wildman–Crippen LogP) is 1.62. The summed E-state index contributed by atoms with van der Waals surface area (Å²) in [5, 5.41) is 12.1. The summed E-state index contributed by atoms with van der Waals surface area (Å²) >= 11 is 0. The van der Waals surface area contributed by atoms with Crippen molar-refractivity contribution < 1.29 is 19.0 Å². The van der Waals surface area contributed by atoms with Crippen LogP contribution in [0.25, 0.3) is 0 Å². The van der Waals surface area contributed by atoms with Crippen molar-refractivity contribution in [3.63, 3.8) is 0 Å². The summed E-state index contributed by atoms with van der Waals surface area (Å²) in [6, 6.07) is 2.64. The largest absolute Gasteiger partial charge is 0.491 e. The lowest BCUT2D eigenvalue weighted by molar-refractivity contribution is 0.170. The van der Waals surface area contributed by atoms with Gasteiger partial charge in [0.25, 0.3) is 0 Å². The van der Waals surface area contributed by atoms with Gasteiger partial charge in [-0.2, -0.15) is 0 Å². The molecule has 6 heteroatoms. The Balaban J connectivity index is 2.88. The summed E-state index contributed by atoms with van der Waals surface area (Å²) in [5.41, 5.74) is 6.63. The normalized spacial score (nSPS) is 12.2. The standard InChI is InChI=1S/C13H21FN2O3/c1-3-19-13-7-12(11(15)6-10(13)14)16-9(4-5-17)8-18-2/h6-7,9,16-17H,3-5,8,15H2,1-2H3. The van der Waals surface area contributed by atoms with Gasteiger partial charge in [0.1, 0.15) is 0 Å². The average molecular weight is 272 g/mol. The molecule has 0 aromatic heterocycles. The fraction of sp³-hybridized carbons (Fsp3) is 0.538. The first kappa shape index (κ1) is 15.5. The highest BCUT2D eigenvalue weighted by atomic mass is 19.1. The molecule has 0 amide bonds. The van der Waals surface area contributed by atoms with Gasteiger partial charge in [-0.25, -0.2) is 4.39 Å². The number of ether oxygens (including phenoxy) is 2. The van der Waals surface area contributed by atoms with Gasteiger partial charge in [0, 0.05) is 25.8 Å². The maximum atomic E-state index is 13.6. The first-order chi connectivity index (χ1) is 9.12. The van der Waals surface area contributed by atoms with Gasteiger partial charge >= 0.3 is 0 Å². The molecule has 1 unspecified atom stereocenters. The van der Waals surface area contributed by atoms with Crippen molar-refractivity contribution in [3.05, 3.63) is 17.9 Å². The molecule has 5 nitrogen and oxygen atoms in total. The first-order valence-electron chi connectivity index (χ1n) is 6.20. The van der Waals surface area contributed by atoms with Crippen molar-refractivity contribution in [3.8, 4) is 5.75 Å². The van der Waals surface area contributed by atoms with E-state index < -0.39 is 5.82 Å². The summed E-state index contributed by atoms with van der Waals surface area (Å²) in [7, 11) is 1.58. The third-order valence-electron chi connectivity index (χ3n) is 2.61. The maximum absolute atomic E-state index is 13.6. The van der Waals surface area contributed by atoms with Crippen LogP contribution < -0.4 is 15.8 Å². The molecule has 4 N–H and O–H groups in total. The minimum absolute atomic E-state index is 0.0282. The van der Waals surface area contributed by atoms with Crippen LogP contribution in [-0.4, -0.2) is 38.1 Å². The highest BCUT2D eigenvalue weighted by molar-refractivity contribution is 5.69. The molecule has 0 aliphatic carbocycles. The Labute approximate surface area is 112 Å². The van der Waals surface area contributed by atoms with Crippen molar-refractivity contribution in [2.45, 2.75) is 19.4 Å². The van der Waals surface area contributed by atoms with Gasteiger partial charge in [-0.05, 0) is 13.3 Å². The fourth-order valence-corrected chi connectivity index (χ4v) is 1.73. The van der Waals surface area contributed by atoms with Crippen LogP contribution in [0.5, 0.6) is 5.75 Å². The molecule has 1 rings (SSSR count). The summed E-state index contributed by atoms with van der Waals surface area (Å²) in [6.45, 7) is 2.60. The van der Waals surface area contributed by atoms with Crippen LogP contribution in [-0.2, 0) is 4.74 Å². The average Bonchev–Trinajstić information content (AvgIpc) is 2.36. The van der Waals surface area contributed by atoms with Crippen LogP contribution in [0.3, 0.4) is 0 Å². The van der Waals surface area contributed by atoms with Crippen LogP contribution >= 0.6 is 0 Å². The molecule has 1 atom stereocenters. The number of benzene rings is 1. The molecule has 108 valence electrons. The molecule has 0 saturated carbocycles. The molecule has 0 bridgehead atoms. The van der Waals surface area contributed by atoms with Crippen LogP contribution in [0.1, 0.15) is 13.3 Å². The molecule has 19 heavy (non-hydrogen) atoms. The van der Waals surface area contributed by atoms with Crippen molar-refractivity contribution in [2.24, 2.45) is 0 Å². The molecule has 1 aromatic rings. The third kappa shape index (κ3) is 4.57. The Morgan fingerprint density at radius 2 is 2.21 bits per heavy atom. The molecular weight excluding hydrogens is 251 g/mol. The number of halogens is 1. The number of methoxy groups -OCH3 is 1. The minimum Gasteiger partial charge on any atom is -0.491 e. The number of hydrogen-bond donors (Lipinski definition) is 3.